The number of hydrogen-bond acceptors (Lipinski definition) is 4. The lowest BCUT2D eigenvalue weighted by molar-refractivity contribution is 0.0358. The first-order valence-corrected chi connectivity index (χ1v) is 11.5. The van der Waals surface area contributed by atoms with E-state index in [1.165, 1.54) is 17.7 Å². The van der Waals surface area contributed by atoms with Crippen LogP contribution in [0.1, 0.15) is 16.7 Å². The Morgan fingerprint density at radius 2 is 1.85 bits per heavy atom. The highest BCUT2D eigenvalue weighted by molar-refractivity contribution is 7.80. The number of fused-ring (bicyclic) bond motifs is 1. The number of ether oxygens (including phenoxy) is 1. The average molecular weight is 469 g/mol. The van der Waals surface area contributed by atoms with Gasteiger partial charge in [0.2, 0.25) is 0 Å². The maximum atomic E-state index is 13.3. The first-order valence-electron chi connectivity index (χ1n) is 11.1. The van der Waals surface area contributed by atoms with Gasteiger partial charge in [0.25, 0.3) is 5.56 Å². The lowest BCUT2D eigenvalue weighted by Gasteiger charge is -2.31. The van der Waals surface area contributed by atoms with Crippen molar-refractivity contribution in [1.29, 1.82) is 0 Å². The minimum absolute atomic E-state index is 0.119. The molecule has 2 heterocycles. The number of aromatic nitrogens is 1. The van der Waals surface area contributed by atoms with Crippen LogP contribution in [0.3, 0.4) is 0 Å². The van der Waals surface area contributed by atoms with Gasteiger partial charge in [0.05, 0.1) is 19.8 Å². The number of benzene rings is 2. The van der Waals surface area contributed by atoms with Crippen LogP contribution in [-0.2, 0) is 11.3 Å². The molecular weight excluding hydrogens is 439 g/mol. The Morgan fingerprint density at radius 3 is 2.58 bits per heavy atom. The molecule has 174 valence electrons. The third-order valence-electron chi connectivity index (χ3n) is 6.07. The molecule has 0 bridgehead atoms. The average Bonchev–Trinajstić information content (AvgIpc) is 2.80. The largest absolute Gasteiger partial charge is 0.379 e. The number of nitrogens with one attached hydrogen (secondary N) is 2. The molecule has 1 aliphatic heterocycles. The molecule has 0 aliphatic carbocycles. The highest BCUT2D eigenvalue weighted by atomic mass is 32.1. The van der Waals surface area contributed by atoms with Crippen molar-refractivity contribution in [2.24, 2.45) is 0 Å². The van der Waals surface area contributed by atoms with Crippen LogP contribution in [0.15, 0.2) is 47.3 Å². The van der Waals surface area contributed by atoms with Gasteiger partial charge in [0.15, 0.2) is 5.11 Å². The normalized spacial score (nSPS) is 14.4. The molecule has 1 aliphatic rings. The third-order valence-corrected chi connectivity index (χ3v) is 6.43. The number of hydrogen-bond donors (Lipinski definition) is 2. The zero-order valence-electron chi connectivity index (χ0n) is 19.0. The fraction of sp³-hybridized carbons (Fsp3) is 0.360. The van der Waals surface area contributed by atoms with E-state index in [4.69, 9.17) is 17.0 Å². The number of rotatable bonds is 6. The van der Waals surface area contributed by atoms with Crippen molar-refractivity contribution in [2.75, 3.05) is 44.7 Å². The van der Waals surface area contributed by atoms with Gasteiger partial charge in [-0.3, -0.25) is 9.69 Å². The lowest BCUT2D eigenvalue weighted by Crippen LogP contribution is -2.44. The van der Waals surface area contributed by atoms with Gasteiger partial charge in [-0.1, -0.05) is 0 Å². The number of halogens is 1. The van der Waals surface area contributed by atoms with Gasteiger partial charge in [-0.15, -0.1) is 0 Å². The van der Waals surface area contributed by atoms with Crippen LogP contribution in [0, 0.1) is 19.7 Å². The van der Waals surface area contributed by atoms with Crippen molar-refractivity contribution in [3.63, 3.8) is 0 Å². The summed E-state index contributed by atoms with van der Waals surface area (Å²) in [7, 11) is 0. The van der Waals surface area contributed by atoms with Crippen molar-refractivity contribution in [3.05, 3.63) is 75.3 Å². The number of aryl methyl sites for hydroxylation is 2. The van der Waals surface area contributed by atoms with Crippen molar-refractivity contribution >= 4 is 33.9 Å². The Bertz CT molecular complexity index is 1190. The van der Waals surface area contributed by atoms with Crippen LogP contribution in [0.5, 0.6) is 0 Å². The molecule has 8 heteroatoms. The molecule has 1 aromatic heterocycles. The highest BCUT2D eigenvalue weighted by Gasteiger charge is 2.17. The second-order valence-electron chi connectivity index (χ2n) is 8.46. The molecule has 0 amide bonds. The number of morpholine rings is 1. The summed E-state index contributed by atoms with van der Waals surface area (Å²) in [5.41, 5.74) is 4.39. The van der Waals surface area contributed by atoms with Gasteiger partial charge in [-0.25, -0.2) is 4.39 Å². The predicted octanol–water partition coefficient (Wildman–Crippen LogP) is 3.82. The highest BCUT2D eigenvalue weighted by Crippen LogP contribution is 2.18. The number of pyridine rings is 1. The minimum atomic E-state index is -0.302. The van der Waals surface area contributed by atoms with Crippen LogP contribution in [0.2, 0.25) is 0 Å². The van der Waals surface area contributed by atoms with Gasteiger partial charge < -0.3 is 19.9 Å². The summed E-state index contributed by atoms with van der Waals surface area (Å²) in [6.45, 7) is 9.13. The molecule has 0 saturated carbocycles. The van der Waals surface area contributed by atoms with Gasteiger partial charge in [0.1, 0.15) is 5.82 Å². The summed E-state index contributed by atoms with van der Waals surface area (Å²) in [6, 6.07) is 12.1. The molecule has 2 N–H and O–H groups in total. The molecule has 3 aromatic rings. The van der Waals surface area contributed by atoms with Gasteiger partial charge in [0, 0.05) is 42.9 Å². The smallest absolute Gasteiger partial charge is 0.253 e. The topological polar surface area (TPSA) is 60.6 Å². The number of H-pyrrole nitrogens is 1. The minimum Gasteiger partial charge on any atom is -0.379 e. The zero-order valence-corrected chi connectivity index (χ0v) is 19.8. The second-order valence-corrected chi connectivity index (χ2v) is 8.85. The summed E-state index contributed by atoms with van der Waals surface area (Å²) >= 11 is 5.70. The van der Waals surface area contributed by atoms with E-state index in [0.717, 1.165) is 49.3 Å². The Morgan fingerprint density at radius 1 is 1.15 bits per heavy atom. The van der Waals surface area contributed by atoms with Crippen LogP contribution >= 0.6 is 12.2 Å². The van der Waals surface area contributed by atoms with E-state index in [0.29, 0.717) is 29.5 Å². The Kier molecular flexibility index (Phi) is 7.37. The summed E-state index contributed by atoms with van der Waals surface area (Å²) in [5, 5.41) is 4.68. The molecule has 1 fully saturated rings. The molecule has 6 nitrogen and oxygen atoms in total. The Hall–Kier alpha value is -2.81. The molecule has 0 atom stereocenters. The first kappa shape index (κ1) is 23.4. The number of thiocarbonyl (C=S) groups is 1. The molecule has 1 saturated heterocycles. The first-order chi connectivity index (χ1) is 15.9. The van der Waals surface area contributed by atoms with Crippen molar-refractivity contribution < 1.29 is 9.13 Å². The molecular formula is C25H29FN4O2S. The van der Waals surface area contributed by atoms with Crippen LogP contribution in [0.25, 0.3) is 10.9 Å². The van der Waals surface area contributed by atoms with Crippen LogP contribution < -0.4 is 10.9 Å². The van der Waals surface area contributed by atoms with Gasteiger partial charge in [-0.05, 0) is 85.0 Å². The third kappa shape index (κ3) is 5.96. The molecule has 4 rings (SSSR count). The van der Waals surface area contributed by atoms with Gasteiger partial charge in [-0.2, -0.15) is 0 Å². The van der Waals surface area contributed by atoms with E-state index in [-0.39, 0.29) is 11.4 Å². The summed E-state index contributed by atoms with van der Waals surface area (Å²) in [5.74, 6) is -0.302. The van der Waals surface area contributed by atoms with E-state index in [1.54, 1.807) is 12.1 Å². The summed E-state index contributed by atoms with van der Waals surface area (Å²) in [4.78, 5) is 20.2. The van der Waals surface area contributed by atoms with Gasteiger partial charge >= 0.3 is 0 Å². The maximum Gasteiger partial charge on any atom is 0.253 e. The Balaban J connectivity index is 1.56. The quantitative estimate of drug-likeness (QED) is 0.537. The number of anilines is 1. The summed E-state index contributed by atoms with van der Waals surface area (Å²) in [6.07, 6.45) is 0. The summed E-state index contributed by atoms with van der Waals surface area (Å²) < 4.78 is 18.7. The maximum absolute atomic E-state index is 13.3. The van der Waals surface area contributed by atoms with E-state index in [2.05, 4.69) is 28.2 Å². The van der Waals surface area contributed by atoms with E-state index in [9.17, 15) is 9.18 Å². The Labute approximate surface area is 198 Å². The number of aromatic amines is 1. The molecule has 2 aromatic carbocycles. The SMILES string of the molecule is Cc1cc2cc(CN(CCN3CCOCC3)C(=S)Nc3ccc(F)cc3)c(=O)[nH]c2cc1C. The fourth-order valence-corrected chi connectivity index (χ4v) is 4.19. The zero-order chi connectivity index (χ0) is 23.4. The molecule has 0 spiro atoms. The van der Waals surface area contributed by atoms with E-state index in [1.807, 2.05) is 24.0 Å². The van der Waals surface area contributed by atoms with E-state index >= 15 is 0 Å². The van der Waals surface area contributed by atoms with Crippen LogP contribution in [-0.4, -0.2) is 59.3 Å². The fourth-order valence-electron chi connectivity index (χ4n) is 3.92. The molecule has 33 heavy (non-hydrogen) atoms. The lowest BCUT2D eigenvalue weighted by atomic mass is 10.0. The van der Waals surface area contributed by atoms with Crippen LogP contribution in [0.4, 0.5) is 10.1 Å². The predicted molar refractivity (Wildman–Crippen MR) is 134 cm³/mol. The standard InChI is InChI=1S/C25H29FN4O2S/c1-17-13-19-15-20(24(31)28-23(19)14-18(17)2)16-30(8-7-29-9-11-32-12-10-29)25(33)27-22-5-3-21(26)4-6-22/h3-6,13-15H,7-12,16H2,1-2H3,(H,27,33)(H,28,31). The second kappa shape index (κ2) is 10.4. The van der Waals surface area contributed by atoms with Crippen molar-refractivity contribution in [2.45, 2.75) is 20.4 Å². The van der Waals surface area contributed by atoms with Crippen molar-refractivity contribution in [3.8, 4) is 0 Å². The number of nitrogens with zero attached hydrogens (tertiary/aromatic N) is 2. The van der Waals surface area contributed by atoms with Crippen molar-refractivity contribution in [1.82, 2.24) is 14.8 Å². The molecule has 0 unspecified atom stereocenters. The molecule has 0 radical (unpaired) electrons. The monoisotopic (exact) mass is 468 g/mol. The van der Waals surface area contributed by atoms with E-state index < -0.39 is 0 Å².